The molecule has 4 aromatic rings. The van der Waals surface area contributed by atoms with Gasteiger partial charge >= 0.3 is 5.97 Å². The summed E-state index contributed by atoms with van der Waals surface area (Å²) in [5.74, 6) is -3.82. The average molecular weight is 489 g/mol. The number of esters is 1. The zero-order valence-electron chi connectivity index (χ0n) is 18.4. The Hall–Kier alpha value is -3.52. The maximum atomic E-state index is 14.1. The Balaban J connectivity index is 1.74. The first-order valence-electron chi connectivity index (χ1n) is 10.3. The summed E-state index contributed by atoms with van der Waals surface area (Å²) in [7, 11) is 1.32. The molecule has 5 nitrogen and oxygen atoms in total. The van der Waals surface area contributed by atoms with Gasteiger partial charge in [-0.1, -0.05) is 17.7 Å². The number of fused-ring (bicyclic) bond motifs is 1. The van der Waals surface area contributed by atoms with Gasteiger partial charge in [0.2, 0.25) is 0 Å². The monoisotopic (exact) mass is 488 g/mol. The molecule has 2 aromatic carbocycles. The molecule has 0 fully saturated rings. The lowest BCUT2D eigenvalue weighted by Gasteiger charge is -2.11. The fourth-order valence-electron chi connectivity index (χ4n) is 4.03. The predicted molar refractivity (Wildman–Crippen MR) is 123 cm³/mol. The van der Waals surface area contributed by atoms with Crippen LogP contribution >= 0.6 is 11.6 Å². The van der Waals surface area contributed by atoms with E-state index in [0.29, 0.717) is 17.5 Å². The third-order valence-electron chi connectivity index (χ3n) is 5.79. The number of carbonyl (C=O) groups is 1. The van der Waals surface area contributed by atoms with Crippen LogP contribution in [-0.2, 0) is 29.0 Å². The molecule has 0 unspecified atom stereocenters. The molecule has 0 aliphatic heterocycles. The van der Waals surface area contributed by atoms with E-state index in [-0.39, 0.29) is 18.7 Å². The maximum absolute atomic E-state index is 14.1. The first kappa shape index (κ1) is 23.6. The van der Waals surface area contributed by atoms with Gasteiger partial charge in [-0.15, -0.1) is 0 Å². The molecule has 0 bridgehead atoms. The van der Waals surface area contributed by atoms with Crippen molar-refractivity contribution in [3.63, 3.8) is 0 Å². The highest BCUT2D eigenvalue weighted by atomic mass is 35.5. The highest BCUT2D eigenvalue weighted by molar-refractivity contribution is 6.31. The molecule has 0 amide bonds. The average Bonchev–Trinajstić information content (AvgIpc) is 3.04. The zero-order valence-corrected chi connectivity index (χ0v) is 19.1. The number of halogens is 4. The van der Waals surface area contributed by atoms with Gasteiger partial charge in [-0.05, 0) is 42.3 Å². The minimum atomic E-state index is -1.29. The maximum Gasteiger partial charge on any atom is 0.325 e. The number of hydrogen-bond acceptors (Lipinski definition) is 3. The number of nitrogens with zero attached hydrogens (tertiary/aromatic N) is 2. The van der Waals surface area contributed by atoms with Gasteiger partial charge in [-0.2, -0.15) is 0 Å². The molecule has 176 valence electrons. The molecule has 0 saturated heterocycles. The predicted octanol–water partition coefficient (Wildman–Crippen LogP) is 4.99. The minimum Gasteiger partial charge on any atom is -0.468 e. The number of benzene rings is 2. The summed E-state index contributed by atoms with van der Waals surface area (Å²) < 4.78 is 48.9. The van der Waals surface area contributed by atoms with Gasteiger partial charge in [-0.3, -0.25) is 9.59 Å². The normalized spacial score (nSPS) is 11.2. The minimum absolute atomic E-state index is 0.0232. The van der Waals surface area contributed by atoms with Crippen molar-refractivity contribution in [3.05, 3.63) is 104 Å². The van der Waals surface area contributed by atoms with Crippen LogP contribution in [0.25, 0.3) is 10.9 Å². The van der Waals surface area contributed by atoms with Gasteiger partial charge in [0.25, 0.3) is 5.56 Å². The highest BCUT2D eigenvalue weighted by Gasteiger charge is 2.18. The first-order valence-corrected chi connectivity index (χ1v) is 10.7. The van der Waals surface area contributed by atoms with Gasteiger partial charge < -0.3 is 13.9 Å². The molecule has 0 aliphatic carbocycles. The summed E-state index contributed by atoms with van der Waals surface area (Å²) in [6.45, 7) is 1.64. The quantitative estimate of drug-likeness (QED) is 0.284. The van der Waals surface area contributed by atoms with Gasteiger partial charge in [0, 0.05) is 51.9 Å². The highest BCUT2D eigenvalue weighted by Crippen LogP contribution is 2.30. The van der Waals surface area contributed by atoms with Crippen molar-refractivity contribution in [2.24, 2.45) is 0 Å². The van der Waals surface area contributed by atoms with Crippen molar-refractivity contribution in [2.45, 2.75) is 26.4 Å². The van der Waals surface area contributed by atoms with E-state index in [1.807, 2.05) is 17.6 Å². The van der Waals surface area contributed by atoms with Crippen LogP contribution in [0.1, 0.15) is 22.4 Å². The number of methoxy groups -OCH3 is 1. The van der Waals surface area contributed by atoms with Crippen LogP contribution in [0.3, 0.4) is 0 Å². The largest absolute Gasteiger partial charge is 0.468 e. The van der Waals surface area contributed by atoms with E-state index in [2.05, 4.69) is 0 Å². The van der Waals surface area contributed by atoms with Crippen molar-refractivity contribution in [2.75, 3.05) is 7.11 Å². The SMILES string of the molecule is COC(=O)Cn1c(C)c(Cc2ccc(=O)n(Cc3cc(F)c(F)cc3F)c2)c2cc(Cl)ccc21. The third kappa shape index (κ3) is 4.59. The van der Waals surface area contributed by atoms with Gasteiger partial charge in [0.1, 0.15) is 12.4 Å². The van der Waals surface area contributed by atoms with Crippen LogP contribution < -0.4 is 5.56 Å². The summed E-state index contributed by atoms with van der Waals surface area (Å²) in [5, 5.41) is 1.38. The fraction of sp³-hybridized carbons (Fsp3) is 0.200. The van der Waals surface area contributed by atoms with Crippen LogP contribution in [0.2, 0.25) is 5.02 Å². The molecule has 34 heavy (non-hydrogen) atoms. The lowest BCUT2D eigenvalue weighted by molar-refractivity contribution is -0.141. The molecule has 0 aliphatic rings. The van der Waals surface area contributed by atoms with Crippen molar-refractivity contribution in [1.29, 1.82) is 0 Å². The van der Waals surface area contributed by atoms with Crippen LogP contribution in [0.4, 0.5) is 13.2 Å². The van der Waals surface area contributed by atoms with E-state index < -0.39 is 29.0 Å². The second kappa shape index (κ2) is 9.38. The molecule has 9 heteroatoms. The lowest BCUT2D eigenvalue weighted by Crippen LogP contribution is -2.20. The number of pyridine rings is 1. The molecule has 4 rings (SSSR count). The third-order valence-corrected chi connectivity index (χ3v) is 6.02. The Bertz CT molecular complexity index is 1480. The van der Waals surface area contributed by atoms with E-state index >= 15 is 0 Å². The Morgan fingerprint density at radius 3 is 2.50 bits per heavy atom. The molecular formula is C25H20ClF3N2O3. The molecule has 0 saturated carbocycles. The van der Waals surface area contributed by atoms with Crippen molar-refractivity contribution < 1.29 is 22.7 Å². The van der Waals surface area contributed by atoms with Crippen molar-refractivity contribution in [1.82, 2.24) is 9.13 Å². The van der Waals surface area contributed by atoms with Gasteiger partial charge in [-0.25, -0.2) is 13.2 Å². The van der Waals surface area contributed by atoms with E-state index in [0.717, 1.165) is 33.8 Å². The second-order valence-corrected chi connectivity index (χ2v) is 8.36. The number of carbonyl (C=O) groups excluding carboxylic acids is 1. The van der Waals surface area contributed by atoms with Gasteiger partial charge in [0.15, 0.2) is 11.6 Å². The topological polar surface area (TPSA) is 53.2 Å². The Morgan fingerprint density at radius 1 is 1.03 bits per heavy atom. The summed E-state index contributed by atoms with van der Waals surface area (Å²) in [4.78, 5) is 24.3. The number of rotatable bonds is 6. The summed E-state index contributed by atoms with van der Waals surface area (Å²) in [5.41, 5.74) is 2.69. The summed E-state index contributed by atoms with van der Waals surface area (Å²) in [6, 6.07) is 9.55. The smallest absolute Gasteiger partial charge is 0.325 e. The number of aromatic nitrogens is 2. The fourth-order valence-corrected chi connectivity index (χ4v) is 4.20. The molecule has 0 radical (unpaired) electrons. The molecular weight excluding hydrogens is 469 g/mol. The first-order chi connectivity index (χ1) is 16.2. The Kier molecular flexibility index (Phi) is 6.52. The van der Waals surface area contributed by atoms with Crippen LogP contribution in [0.5, 0.6) is 0 Å². The van der Waals surface area contributed by atoms with Crippen molar-refractivity contribution in [3.8, 4) is 0 Å². The summed E-state index contributed by atoms with van der Waals surface area (Å²) in [6.07, 6.45) is 1.94. The van der Waals surface area contributed by atoms with E-state index in [1.165, 1.54) is 17.7 Å². The summed E-state index contributed by atoms with van der Waals surface area (Å²) >= 11 is 6.22. The Labute approximate surface area is 198 Å². The molecule has 0 atom stereocenters. The van der Waals surface area contributed by atoms with E-state index in [9.17, 15) is 22.8 Å². The standard InChI is InChI=1S/C25H20ClF3N2O3/c1-14-18(19-9-17(26)4-5-23(19)31(14)13-25(33)34-2)7-15-3-6-24(32)30(11-15)12-16-8-21(28)22(29)10-20(16)27/h3-6,8-11H,7,12-13H2,1-2H3. The zero-order chi connectivity index (χ0) is 24.6. The van der Waals surface area contributed by atoms with E-state index in [4.69, 9.17) is 16.3 Å². The number of hydrogen-bond donors (Lipinski definition) is 0. The lowest BCUT2D eigenvalue weighted by atomic mass is 10.0. The number of ether oxygens (including phenoxy) is 1. The van der Waals surface area contributed by atoms with Crippen LogP contribution in [-0.4, -0.2) is 22.2 Å². The van der Waals surface area contributed by atoms with Crippen LogP contribution in [0, 0.1) is 24.4 Å². The molecule has 0 N–H and O–H groups in total. The van der Waals surface area contributed by atoms with Crippen molar-refractivity contribution >= 4 is 28.5 Å². The Morgan fingerprint density at radius 2 is 1.76 bits per heavy atom. The van der Waals surface area contributed by atoms with E-state index in [1.54, 1.807) is 24.4 Å². The molecule has 2 aromatic heterocycles. The van der Waals surface area contributed by atoms with Gasteiger partial charge in [0.05, 0.1) is 13.7 Å². The van der Waals surface area contributed by atoms with Crippen LogP contribution in [0.15, 0.2) is 53.5 Å². The second-order valence-electron chi connectivity index (χ2n) is 7.93. The molecule has 0 spiro atoms. The molecule has 2 heterocycles.